The first-order chi connectivity index (χ1) is 41.6. The Balaban J connectivity index is 1.67. The number of nitrogens with two attached hydrogens (primary N) is 5. The van der Waals surface area contributed by atoms with Crippen molar-refractivity contribution in [1.82, 2.24) is 47.5 Å². The van der Waals surface area contributed by atoms with Gasteiger partial charge >= 0.3 is 0 Å². The molecule has 1 aliphatic heterocycles. The van der Waals surface area contributed by atoms with E-state index in [2.05, 4.69) is 47.5 Å². The smallest absolute Gasteiger partial charge is 0.245 e. The quantitative estimate of drug-likeness (QED) is 0.0357. The van der Waals surface area contributed by atoms with E-state index in [9.17, 15) is 63.0 Å². The Bertz CT molecular complexity index is 2790. The minimum absolute atomic E-state index is 0.0142. The van der Waals surface area contributed by atoms with Crippen LogP contribution >= 0.6 is 0 Å². The molecule has 0 unspecified atom stereocenters. The van der Waals surface area contributed by atoms with Crippen LogP contribution in [-0.4, -0.2) is 174 Å². The largest absolute Gasteiger partial charge is 0.394 e. The number of carbonyl (C=O) groups excluding carboxylic acids is 11. The molecule has 0 bridgehead atoms. The summed E-state index contributed by atoms with van der Waals surface area (Å²) in [5.74, 6) is -12.9. The molecule has 1 aromatic heterocycles. The van der Waals surface area contributed by atoms with Crippen molar-refractivity contribution in [3.05, 3.63) is 90.1 Å². The summed E-state index contributed by atoms with van der Waals surface area (Å²) in [6.45, 7) is 2.43. The zero-order chi connectivity index (χ0) is 64.2. The summed E-state index contributed by atoms with van der Waals surface area (Å²) in [5, 5.41) is 41.7. The highest BCUT2D eigenvalue weighted by Gasteiger charge is 2.38. The van der Waals surface area contributed by atoms with Crippen LogP contribution in [-0.2, 0) is 54.4 Å². The topological polar surface area (TPSA) is 467 Å². The van der Waals surface area contributed by atoms with Crippen molar-refractivity contribution in [3.8, 4) is 11.3 Å². The van der Waals surface area contributed by atoms with Gasteiger partial charge in [0, 0.05) is 61.5 Å². The van der Waals surface area contributed by atoms with Gasteiger partial charge in [0.1, 0.15) is 36.3 Å². The summed E-state index contributed by atoms with van der Waals surface area (Å²) in [4.78, 5) is 159. The molecule has 20 N–H and O–H groups in total. The molecule has 0 radical (unpaired) electrons. The minimum Gasteiger partial charge on any atom is -0.394 e. The zero-order valence-corrected chi connectivity index (χ0v) is 49.7. The SMILES string of the molecule is CC[C@H](C)[C@@H]1CC(=O)[C@@H](Cc2ccccc2)NC(=O)[C@H](CCN)NC(=O)[C@@H](NC(=O)[C@@H](CN)CC(=O)[C@H](CO)NC(=O)[C@H](CCN)CC(=O)c2ccnc(-c3ccccc3)c2)CCNC(=O)[C@H]([C@@H](C)O)NC(=O)[C@H](CCN)NC(=O)[C@H](CCN)NC1=O. The first-order valence-corrected chi connectivity index (χ1v) is 29.5. The number of ketones is 3. The molecule has 27 heteroatoms. The molecule has 87 heavy (non-hydrogen) atoms. The molecule has 0 spiro atoms. The number of nitrogens with zero attached hydrogens (tertiary/aromatic N) is 1. The molecule has 0 aliphatic carbocycles. The van der Waals surface area contributed by atoms with Crippen LogP contribution in [0.15, 0.2) is 79.0 Å². The zero-order valence-electron chi connectivity index (χ0n) is 49.7. The van der Waals surface area contributed by atoms with Gasteiger partial charge in [0.15, 0.2) is 17.3 Å². The Morgan fingerprint density at radius 2 is 1.23 bits per heavy atom. The lowest BCUT2D eigenvalue weighted by Crippen LogP contribution is -2.60. The van der Waals surface area contributed by atoms with E-state index >= 15 is 0 Å². The first kappa shape index (κ1) is 71.6. The van der Waals surface area contributed by atoms with Crippen molar-refractivity contribution in [2.24, 2.45) is 52.3 Å². The van der Waals surface area contributed by atoms with Gasteiger partial charge in [0.2, 0.25) is 47.3 Å². The fourth-order valence-electron chi connectivity index (χ4n) is 9.79. The number of aliphatic hydroxyl groups excluding tert-OH is 2. The molecular formula is C60H88N14O13. The third kappa shape index (κ3) is 22.4. The van der Waals surface area contributed by atoms with E-state index in [1.54, 1.807) is 50.2 Å². The number of Topliss-reactive ketones (excluding diaryl/α,β-unsaturated/α-hetero) is 3. The number of aliphatic hydroxyl groups is 2. The Labute approximate surface area is 506 Å². The van der Waals surface area contributed by atoms with Crippen LogP contribution in [0, 0.1) is 23.7 Å². The lowest BCUT2D eigenvalue weighted by molar-refractivity contribution is -0.137. The summed E-state index contributed by atoms with van der Waals surface area (Å²) < 4.78 is 0. The normalized spacial score (nSPS) is 22.3. The van der Waals surface area contributed by atoms with Crippen molar-refractivity contribution < 1.29 is 63.0 Å². The van der Waals surface area contributed by atoms with Crippen LogP contribution in [0.25, 0.3) is 11.3 Å². The summed E-state index contributed by atoms with van der Waals surface area (Å²) in [7, 11) is 0. The molecule has 0 saturated carbocycles. The summed E-state index contributed by atoms with van der Waals surface area (Å²) in [5.41, 5.74) is 31.8. The van der Waals surface area contributed by atoms with Gasteiger partial charge in [-0.15, -0.1) is 0 Å². The average molecular weight is 1210 g/mol. The molecule has 4 rings (SSSR count). The first-order valence-electron chi connectivity index (χ1n) is 29.5. The number of aromatic nitrogens is 1. The molecule has 1 fully saturated rings. The molecule has 1 saturated heterocycles. The van der Waals surface area contributed by atoms with Crippen molar-refractivity contribution in [1.29, 1.82) is 0 Å². The van der Waals surface area contributed by atoms with Gasteiger partial charge in [-0.1, -0.05) is 80.9 Å². The number of benzene rings is 2. The van der Waals surface area contributed by atoms with Gasteiger partial charge in [0.25, 0.3) is 0 Å². The van der Waals surface area contributed by atoms with Crippen LogP contribution in [0.4, 0.5) is 0 Å². The van der Waals surface area contributed by atoms with E-state index in [4.69, 9.17) is 28.7 Å². The standard InChI is InChI=1S/C60H88N14O13/c1-4-34(2)41-31-51(79)47(27-36-11-7-5-8-12-36)72-57(84)43(17-23-63)70-58(85)45(20-26-67-60(87)52(35(3)76)74-59(86)44(18-24-64)71-56(83)42(16-22-62)69-55(41)82)68-54(81)40(32-65)30-50(78)48(33-75)73-53(80)39(15-21-61)29-49(77)38-19-25-66-46(28-38)37-13-9-6-10-14-37/h5-14,19,25,28,34-35,39-45,47-48,52,75-76H,4,15-18,20-24,26-27,29-33,61-65H2,1-3H3,(H,67,87)(H,68,81)(H,69,82)(H,70,85)(H,71,83)(H,72,84)(H,73,80)(H,74,86)/t34-,35+,39+,40+,41-,42-,43-,44-,45-,47+,48-,52-/m0/s1. The number of nitrogens with one attached hydrogen (secondary N) is 8. The van der Waals surface area contributed by atoms with E-state index in [0.29, 0.717) is 17.7 Å². The fourth-order valence-corrected chi connectivity index (χ4v) is 9.79. The summed E-state index contributed by atoms with van der Waals surface area (Å²) in [6, 6.07) is 10.5. The lowest BCUT2D eigenvalue weighted by atomic mass is 9.84. The molecule has 476 valence electrons. The van der Waals surface area contributed by atoms with Gasteiger partial charge in [-0.2, -0.15) is 0 Å². The Morgan fingerprint density at radius 3 is 1.78 bits per heavy atom. The molecule has 3 aromatic rings. The maximum atomic E-state index is 14.6. The van der Waals surface area contributed by atoms with Crippen molar-refractivity contribution >= 4 is 64.6 Å². The molecule has 27 nitrogen and oxygen atoms in total. The average Bonchev–Trinajstić information content (AvgIpc) is 3.63. The number of amides is 8. The second-order valence-electron chi connectivity index (χ2n) is 21.7. The van der Waals surface area contributed by atoms with Crippen LogP contribution in [0.5, 0.6) is 0 Å². The fraction of sp³-hybridized carbons (Fsp3) is 0.533. The van der Waals surface area contributed by atoms with Gasteiger partial charge in [0.05, 0.1) is 30.4 Å². The van der Waals surface area contributed by atoms with Gasteiger partial charge in [-0.25, -0.2) is 0 Å². The highest BCUT2D eigenvalue weighted by molar-refractivity contribution is 6.01. The molecule has 2 heterocycles. The maximum Gasteiger partial charge on any atom is 0.245 e. The van der Waals surface area contributed by atoms with Crippen molar-refractivity contribution in [2.45, 2.75) is 133 Å². The Morgan fingerprint density at radius 1 is 0.667 bits per heavy atom. The second-order valence-corrected chi connectivity index (χ2v) is 21.7. The van der Waals surface area contributed by atoms with E-state index in [1.165, 1.54) is 19.2 Å². The molecule has 8 amide bonds. The predicted molar refractivity (Wildman–Crippen MR) is 322 cm³/mol. The van der Waals surface area contributed by atoms with Gasteiger partial charge < -0.3 is 81.4 Å². The van der Waals surface area contributed by atoms with Crippen molar-refractivity contribution in [2.75, 3.05) is 45.9 Å². The lowest BCUT2D eigenvalue weighted by Gasteiger charge is -2.29. The maximum absolute atomic E-state index is 14.6. The van der Waals surface area contributed by atoms with E-state index < -0.39 is 176 Å². The third-order valence-corrected chi connectivity index (χ3v) is 15.2. The minimum atomic E-state index is -1.68. The number of hydrogen-bond donors (Lipinski definition) is 15. The molecule has 12 atom stereocenters. The number of pyridine rings is 1. The third-order valence-electron chi connectivity index (χ3n) is 15.2. The number of carbonyl (C=O) groups is 11. The van der Waals surface area contributed by atoms with Gasteiger partial charge in [-0.3, -0.25) is 57.7 Å². The van der Waals surface area contributed by atoms with Crippen LogP contribution in [0.2, 0.25) is 0 Å². The predicted octanol–water partition coefficient (Wildman–Crippen LogP) is -2.98. The monoisotopic (exact) mass is 1210 g/mol. The van der Waals surface area contributed by atoms with Crippen LogP contribution in [0.3, 0.4) is 0 Å². The van der Waals surface area contributed by atoms with E-state index in [1.807, 2.05) is 30.3 Å². The van der Waals surface area contributed by atoms with Crippen LogP contribution < -0.4 is 71.2 Å². The summed E-state index contributed by atoms with van der Waals surface area (Å²) in [6.07, 6.45) is -2.08. The number of hydrogen-bond acceptors (Lipinski definition) is 19. The van der Waals surface area contributed by atoms with Gasteiger partial charge in [-0.05, 0) is 95.2 Å². The highest BCUT2D eigenvalue weighted by atomic mass is 16.3. The Kier molecular flexibility index (Phi) is 30.4. The van der Waals surface area contributed by atoms with Crippen LogP contribution in [0.1, 0.15) is 94.5 Å². The van der Waals surface area contributed by atoms with Crippen molar-refractivity contribution in [3.63, 3.8) is 0 Å². The molecule has 2 aromatic carbocycles. The summed E-state index contributed by atoms with van der Waals surface area (Å²) >= 11 is 0. The number of rotatable bonds is 26. The van der Waals surface area contributed by atoms with E-state index in [-0.39, 0.29) is 70.3 Å². The second kappa shape index (κ2) is 36.9. The van der Waals surface area contributed by atoms with E-state index in [0.717, 1.165) is 5.56 Å². The Hall–Kier alpha value is -7.92. The molecular weight excluding hydrogens is 1120 g/mol. The highest BCUT2D eigenvalue weighted by Crippen LogP contribution is 2.24. The molecule has 1 aliphatic rings.